The number of rotatable bonds is 9. The van der Waals surface area contributed by atoms with Crippen molar-refractivity contribution >= 4 is 52.5 Å². The molecule has 0 unspecified atom stereocenters. The van der Waals surface area contributed by atoms with Crippen LogP contribution >= 0.6 is 23.4 Å². The average Bonchev–Trinajstić information content (AvgIpc) is 2.74. The molecular formula is C20H21ClN6O3S. The Kier molecular flexibility index (Phi) is 7.74. The second-order valence-electron chi connectivity index (χ2n) is 6.15. The molecule has 0 aliphatic carbocycles. The summed E-state index contributed by atoms with van der Waals surface area (Å²) in [5.41, 5.74) is 7.10. The van der Waals surface area contributed by atoms with Gasteiger partial charge in [0.2, 0.25) is 17.8 Å². The van der Waals surface area contributed by atoms with Gasteiger partial charge in [0.1, 0.15) is 17.3 Å². The molecule has 3 aromatic rings. The van der Waals surface area contributed by atoms with Crippen LogP contribution in [0.2, 0.25) is 5.02 Å². The molecule has 0 spiro atoms. The van der Waals surface area contributed by atoms with Gasteiger partial charge in [0.05, 0.1) is 36.4 Å². The molecule has 2 aromatic carbocycles. The van der Waals surface area contributed by atoms with Gasteiger partial charge in [0.15, 0.2) is 0 Å². The van der Waals surface area contributed by atoms with Crippen LogP contribution < -0.4 is 25.8 Å². The van der Waals surface area contributed by atoms with Crippen molar-refractivity contribution in [1.82, 2.24) is 15.0 Å². The van der Waals surface area contributed by atoms with Crippen molar-refractivity contribution in [2.45, 2.75) is 5.75 Å². The molecule has 3 rings (SSSR count). The SMILES string of the molecule is COc1ccc(NC(=O)CSCc2nc(N)nc(Nc3ccccc3OC)n2)cc1Cl. The van der Waals surface area contributed by atoms with E-state index in [-0.39, 0.29) is 17.6 Å². The molecule has 0 atom stereocenters. The topological polar surface area (TPSA) is 124 Å². The summed E-state index contributed by atoms with van der Waals surface area (Å²) in [5, 5.41) is 6.28. The third kappa shape index (κ3) is 6.37. The number of halogens is 1. The Morgan fingerprint density at radius 3 is 2.61 bits per heavy atom. The fraction of sp³-hybridized carbons (Fsp3) is 0.200. The lowest BCUT2D eigenvalue weighted by Crippen LogP contribution is -2.14. The number of aromatic nitrogens is 3. The highest BCUT2D eigenvalue weighted by Gasteiger charge is 2.10. The molecule has 31 heavy (non-hydrogen) atoms. The van der Waals surface area contributed by atoms with Crippen molar-refractivity contribution in [1.29, 1.82) is 0 Å². The van der Waals surface area contributed by atoms with Crippen molar-refractivity contribution in [3.05, 3.63) is 53.3 Å². The second-order valence-corrected chi connectivity index (χ2v) is 7.54. The van der Waals surface area contributed by atoms with E-state index >= 15 is 0 Å². The highest BCUT2D eigenvalue weighted by molar-refractivity contribution is 7.99. The van der Waals surface area contributed by atoms with Gasteiger partial charge in [-0.25, -0.2) is 0 Å². The first-order chi connectivity index (χ1) is 15.0. The van der Waals surface area contributed by atoms with Crippen LogP contribution in [0, 0.1) is 0 Å². The lowest BCUT2D eigenvalue weighted by Gasteiger charge is -2.10. The van der Waals surface area contributed by atoms with Crippen LogP contribution in [0.3, 0.4) is 0 Å². The van der Waals surface area contributed by atoms with Crippen LogP contribution in [0.15, 0.2) is 42.5 Å². The minimum atomic E-state index is -0.180. The van der Waals surface area contributed by atoms with Crippen molar-refractivity contribution < 1.29 is 14.3 Å². The maximum atomic E-state index is 12.2. The summed E-state index contributed by atoms with van der Waals surface area (Å²) in [7, 11) is 3.11. The van der Waals surface area contributed by atoms with Crippen molar-refractivity contribution in [2.24, 2.45) is 0 Å². The zero-order chi connectivity index (χ0) is 22.2. The fourth-order valence-electron chi connectivity index (χ4n) is 2.60. The molecule has 4 N–H and O–H groups in total. The Labute approximate surface area is 188 Å². The molecule has 0 radical (unpaired) electrons. The maximum Gasteiger partial charge on any atom is 0.234 e. The molecule has 0 saturated carbocycles. The number of nitrogens with two attached hydrogens (primary N) is 1. The van der Waals surface area contributed by atoms with Crippen LogP contribution in [0.1, 0.15) is 5.82 Å². The Morgan fingerprint density at radius 2 is 1.87 bits per heavy atom. The van der Waals surface area contributed by atoms with Gasteiger partial charge in [-0.3, -0.25) is 4.79 Å². The Morgan fingerprint density at radius 1 is 1.10 bits per heavy atom. The van der Waals surface area contributed by atoms with Crippen LogP contribution in [0.5, 0.6) is 11.5 Å². The smallest absolute Gasteiger partial charge is 0.234 e. The van der Waals surface area contributed by atoms with Gasteiger partial charge in [-0.2, -0.15) is 15.0 Å². The number of thioether (sulfide) groups is 1. The summed E-state index contributed by atoms with van der Waals surface area (Å²) in [6, 6.07) is 12.4. The number of benzene rings is 2. The minimum Gasteiger partial charge on any atom is -0.495 e. The first kappa shape index (κ1) is 22.4. The molecule has 9 nitrogen and oxygen atoms in total. The summed E-state index contributed by atoms with van der Waals surface area (Å²) in [5.74, 6) is 2.42. The van der Waals surface area contributed by atoms with E-state index in [2.05, 4.69) is 25.6 Å². The van der Waals surface area contributed by atoms with E-state index in [1.807, 2.05) is 24.3 Å². The molecule has 1 aromatic heterocycles. The van der Waals surface area contributed by atoms with E-state index in [9.17, 15) is 4.79 Å². The summed E-state index contributed by atoms with van der Waals surface area (Å²) in [6.07, 6.45) is 0. The third-order valence-electron chi connectivity index (χ3n) is 3.95. The molecule has 11 heteroatoms. The van der Waals surface area contributed by atoms with E-state index in [0.29, 0.717) is 45.4 Å². The van der Waals surface area contributed by atoms with Crippen LogP contribution in [-0.4, -0.2) is 40.8 Å². The number of amides is 1. The molecule has 0 aliphatic heterocycles. The number of methoxy groups -OCH3 is 2. The normalized spacial score (nSPS) is 10.4. The standard InChI is InChI=1S/C20H21ClN6O3S/c1-29-15-8-7-12(9-13(15)21)23-18(28)11-31-10-17-25-19(22)27-20(26-17)24-14-5-3-4-6-16(14)30-2/h3-9H,10-11H2,1-2H3,(H,23,28)(H3,22,24,25,26,27). The van der Waals surface area contributed by atoms with Gasteiger partial charge in [-0.15, -0.1) is 11.8 Å². The van der Waals surface area contributed by atoms with Gasteiger partial charge in [0, 0.05) is 5.69 Å². The summed E-state index contributed by atoms with van der Waals surface area (Å²) < 4.78 is 10.4. The predicted molar refractivity (Wildman–Crippen MR) is 123 cm³/mol. The first-order valence-corrected chi connectivity index (χ1v) is 10.6. The molecule has 0 saturated heterocycles. The molecular weight excluding hydrogens is 440 g/mol. The molecule has 0 bridgehead atoms. The zero-order valence-electron chi connectivity index (χ0n) is 16.9. The number of nitrogen functional groups attached to an aromatic ring is 1. The summed E-state index contributed by atoms with van der Waals surface area (Å²) in [4.78, 5) is 24.8. The minimum absolute atomic E-state index is 0.0836. The number of para-hydroxylation sites is 2. The molecule has 162 valence electrons. The Hall–Kier alpha value is -3.24. The van der Waals surface area contributed by atoms with Crippen LogP contribution in [-0.2, 0) is 10.5 Å². The van der Waals surface area contributed by atoms with Crippen molar-refractivity contribution in [2.75, 3.05) is 36.3 Å². The molecule has 1 amide bonds. The molecule has 1 heterocycles. The number of anilines is 4. The summed E-state index contributed by atoms with van der Waals surface area (Å²) >= 11 is 7.42. The van der Waals surface area contributed by atoms with Gasteiger partial charge >= 0.3 is 0 Å². The van der Waals surface area contributed by atoms with Crippen LogP contribution in [0.4, 0.5) is 23.3 Å². The Balaban J connectivity index is 1.56. The fourth-order valence-corrected chi connectivity index (χ4v) is 3.53. The van der Waals surface area contributed by atoms with Gasteiger partial charge in [-0.05, 0) is 30.3 Å². The maximum absolute atomic E-state index is 12.2. The second kappa shape index (κ2) is 10.7. The lowest BCUT2D eigenvalue weighted by molar-refractivity contribution is -0.113. The zero-order valence-corrected chi connectivity index (χ0v) is 18.5. The Bertz CT molecular complexity index is 1070. The largest absolute Gasteiger partial charge is 0.495 e. The van der Waals surface area contributed by atoms with E-state index in [1.165, 1.54) is 18.9 Å². The molecule has 0 fully saturated rings. The molecule has 0 aliphatic rings. The first-order valence-electron chi connectivity index (χ1n) is 9.10. The van der Waals surface area contributed by atoms with E-state index in [4.69, 9.17) is 26.8 Å². The number of hydrogen-bond donors (Lipinski definition) is 3. The van der Waals surface area contributed by atoms with Crippen molar-refractivity contribution in [3.8, 4) is 11.5 Å². The van der Waals surface area contributed by atoms with Gasteiger partial charge in [0.25, 0.3) is 0 Å². The number of ether oxygens (including phenoxy) is 2. The number of carbonyl (C=O) groups excluding carboxylic acids is 1. The lowest BCUT2D eigenvalue weighted by atomic mass is 10.3. The number of nitrogens with one attached hydrogen (secondary N) is 2. The summed E-state index contributed by atoms with van der Waals surface area (Å²) in [6.45, 7) is 0. The highest BCUT2D eigenvalue weighted by atomic mass is 35.5. The predicted octanol–water partition coefficient (Wildman–Crippen LogP) is 3.74. The number of nitrogens with zero attached hydrogens (tertiary/aromatic N) is 3. The van der Waals surface area contributed by atoms with E-state index in [0.717, 1.165) is 0 Å². The third-order valence-corrected chi connectivity index (χ3v) is 5.18. The quantitative estimate of drug-likeness (QED) is 0.437. The monoisotopic (exact) mass is 460 g/mol. The number of hydrogen-bond acceptors (Lipinski definition) is 9. The van der Waals surface area contributed by atoms with Gasteiger partial charge in [-0.1, -0.05) is 23.7 Å². The van der Waals surface area contributed by atoms with E-state index in [1.54, 1.807) is 25.3 Å². The van der Waals surface area contributed by atoms with Crippen molar-refractivity contribution in [3.63, 3.8) is 0 Å². The van der Waals surface area contributed by atoms with E-state index < -0.39 is 0 Å². The number of carbonyl (C=O) groups is 1. The highest BCUT2D eigenvalue weighted by Crippen LogP contribution is 2.28. The van der Waals surface area contributed by atoms with Gasteiger partial charge < -0.3 is 25.8 Å². The average molecular weight is 461 g/mol. The van der Waals surface area contributed by atoms with Crippen LogP contribution in [0.25, 0.3) is 0 Å².